The minimum atomic E-state index is 0.0544. The van der Waals surface area contributed by atoms with Crippen LogP contribution in [0.1, 0.15) is 19.4 Å². The molecule has 4 nitrogen and oxygen atoms in total. The highest BCUT2D eigenvalue weighted by molar-refractivity contribution is 5.78. The minimum Gasteiger partial charge on any atom is -0.336 e. The van der Waals surface area contributed by atoms with Gasteiger partial charge in [-0.1, -0.05) is 30.3 Å². The molecular formula is C15H23N3O. The summed E-state index contributed by atoms with van der Waals surface area (Å²) in [5, 5.41) is 0. The first kappa shape index (κ1) is 14.0. The Hall–Kier alpha value is -1.39. The van der Waals surface area contributed by atoms with E-state index in [9.17, 15) is 4.79 Å². The van der Waals surface area contributed by atoms with Crippen LogP contribution in [0.4, 0.5) is 0 Å². The van der Waals surface area contributed by atoms with Crippen molar-refractivity contribution in [1.29, 1.82) is 0 Å². The quantitative estimate of drug-likeness (QED) is 0.885. The van der Waals surface area contributed by atoms with E-state index in [0.29, 0.717) is 6.04 Å². The molecule has 2 unspecified atom stereocenters. The van der Waals surface area contributed by atoms with Gasteiger partial charge in [0.2, 0.25) is 5.91 Å². The molecule has 1 fully saturated rings. The number of hydrogen-bond donors (Lipinski definition) is 1. The molecule has 0 radical (unpaired) electrons. The van der Waals surface area contributed by atoms with Crippen LogP contribution in [0.25, 0.3) is 0 Å². The molecule has 1 aliphatic rings. The fourth-order valence-corrected chi connectivity index (χ4v) is 2.70. The summed E-state index contributed by atoms with van der Waals surface area (Å²) in [7, 11) is 0. The normalized spacial score (nSPS) is 24.5. The van der Waals surface area contributed by atoms with Gasteiger partial charge in [-0.3, -0.25) is 9.69 Å². The Labute approximate surface area is 115 Å². The van der Waals surface area contributed by atoms with Gasteiger partial charge in [0.15, 0.2) is 0 Å². The van der Waals surface area contributed by atoms with E-state index in [0.717, 1.165) is 19.6 Å². The van der Waals surface area contributed by atoms with Gasteiger partial charge in [-0.25, -0.2) is 0 Å². The Morgan fingerprint density at radius 1 is 1.21 bits per heavy atom. The van der Waals surface area contributed by atoms with Crippen LogP contribution in [0.3, 0.4) is 0 Å². The monoisotopic (exact) mass is 261 g/mol. The highest BCUT2D eigenvalue weighted by atomic mass is 16.2. The molecular weight excluding hydrogens is 238 g/mol. The average Bonchev–Trinajstić information content (AvgIpc) is 2.43. The van der Waals surface area contributed by atoms with Gasteiger partial charge in [0.25, 0.3) is 0 Å². The Kier molecular flexibility index (Phi) is 4.56. The van der Waals surface area contributed by atoms with E-state index >= 15 is 0 Å². The molecule has 2 atom stereocenters. The van der Waals surface area contributed by atoms with Crippen molar-refractivity contribution in [3.8, 4) is 0 Å². The summed E-state index contributed by atoms with van der Waals surface area (Å²) in [5.74, 6) is 0.0544. The number of hydrogen-bond acceptors (Lipinski definition) is 3. The number of benzene rings is 1. The molecule has 1 saturated heterocycles. The second kappa shape index (κ2) is 6.17. The maximum absolute atomic E-state index is 11.8. The molecule has 0 aromatic heterocycles. The van der Waals surface area contributed by atoms with Crippen LogP contribution in [-0.2, 0) is 11.3 Å². The summed E-state index contributed by atoms with van der Waals surface area (Å²) in [6.07, 6.45) is 0. The predicted octanol–water partition coefficient (Wildman–Crippen LogP) is 1.07. The van der Waals surface area contributed by atoms with Crippen molar-refractivity contribution in [1.82, 2.24) is 9.80 Å². The zero-order chi connectivity index (χ0) is 13.8. The van der Waals surface area contributed by atoms with E-state index < -0.39 is 0 Å². The van der Waals surface area contributed by atoms with Gasteiger partial charge in [-0.05, 0) is 19.4 Å². The molecule has 19 heavy (non-hydrogen) atoms. The molecule has 0 saturated carbocycles. The van der Waals surface area contributed by atoms with Crippen LogP contribution >= 0.6 is 0 Å². The van der Waals surface area contributed by atoms with E-state index in [4.69, 9.17) is 5.73 Å². The lowest BCUT2D eigenvalue weighted by molar-refractivity contribution is -0.135. The van der Waals surface area contributed by atoms with Crippen LogP contribution in [0.5, 0.6) is 0 Å². The molecule has 104 valence electrons. The zero-order valence-electron chi connectivity index (χ0n) is 11.7. The predicted molar refractivity (Wildman–Crippen MR) is 76.5 cm³/mol. The lowest BCUT2D eigenvalue weighted by Crippen LogP contribution is -2.58. The Morgan fingerprint density at radius 2 is 1.89 bits per heavy atom. The van der Waals surface area contributed by atoms with Gasteiger partial charge in [0.1, 0.15) is 0 Å². The summed E-state index contributed by atoms with van der Waals surface area (Å²) in [4.78, 5) is 16.1. The minimum absolute atomic E-state index is 0.0544. The van der Waals surface area contributed by atoms with Gasteiger partial charge in [0, 0.05) is 31.7 Å². The second-order valence-electron chi connectivity index (χ2n) is 5.36. The van der Waals surface area contributed by atoms with Crippen molar-refractivity contribution in [3.63, 3.8) is 0 Å². The molecule has 1 aromatic carbocycles. The largest absolute Gasteiger partial charge is 0.336 e. The van der Waals surface area contributed by atoms with Crippen molar-refractivity contribution < 1.29 is 4.79 Å². The van der Waals surface area contributed by atoms with Crippen molar-refractivity contribution in [2.45, 2.75) is 32.5 Å². The number of nitrogens with two attached hydrogens (primary N) is 1. The first-order valence-corrected chi connectivity index (χ1v) is 6.89. The van der Waals surface area contributed by atoms with E-state index in [1.54, 1.807) is 0 Å². The SMILES string of the molecule is CC1CN(C(=O)CN)C(C)CN1Cc1ccccc1. The molecule has 2 rings (SSSR count). The van der Waals surface area contributed by atoms with Crippen LogP contribution in [0.2, 0.25) is 0 Å². The Bertz CT molecular complexity index is 421. The molecule has 1 heterocycles. The van der Waals surface area contributed by atoms with Gasteiger partial charge in [-0.15, -0.1) is 0 Å². The fraction of sp³-hybridized carbons (Fsp3) is 0.533. The fourth-order valence-electron chi connectivity index (χ4n) is 2.70. The van der Waals surface area contributed by atoms with Crippen LogP contribution < -0.4 is 5.73 Å². The summed E-state index contributed by atoms with van der Waals surface area (Å²) < 4.78 is 0. The molecule has 1 amide bonds. The number of piperazine rings is 1. The molecule has 0 bridgehead atoms. The molecule has 2 N–H and O–H groups in total. The maximum Gasteiger partial charge on any atom is 0.236 e. The summed E-state index contributed by atoms with van der Waals surface area (Å²) in [6.45, 7) is 6.99. The van der Waals surface area contributed by atoms with Crippen LogP contribution in [0.15, 0.2) is 30.3 Å². The lowest BCUT2D eigenvalue weighted by atomic mass is 10.1. The molecule has 1 aromatic rings. The molecule has 1 aliphatic heterocycles. The number of carbonyl (C=O) groups is 1. The maximum atomic E-state index is 11.8. The number of carbonyl (C=O) groups excluding carboxylic acids is 1. The van der Waals surface area contributed by atoms with Crippen LogP contribution in [-0.4, -0.2) is 47.4 Å². The van der Waals surface area contributed by atoms with Gasteiger partial charge in [-0.2, -0.15) is 0 Å². The van der Waals surface area contributed by atoms with E-state index in [1.807, 2.05) is 11.0 Å². The van der Waals surface area contributed by atoms with E-state index in [2.05, 4.69) is 43.0 Å². The number of nitrogens with zero attached hydrogens (tertiary/aromatic N) is 2. The standard InChI is InChI=1S/C15H23N3O/c1-12-10-18(15(19)8-16)13(2)9-17(12)11-14-6-4-3-5-7-14/h3-7,12-13H,8-11,16H2,1-2H3. The van der Waals surface area contributed by atoms with Crippen molar-refractivity contribution in [2.24, 2.45) is 5.73 Å². The molecule has 0 aliphatic carbocycles. The third-order valence-corrected chi connectivity index (χ3v) is 3.84. The average molecular weight is 261 g/mol. The Balaban J connectivity index is 2.00. The first-order chi connectivity index (χ1) is 9.11. The first-order valence-electron chi connectivity index (χ1n) is 6.89. The highest BCUT2D eigenvalue weighted by Gasteiger charge is 2.31. The smallest absolute Gasteiger partial charge is 0.236 e. The Morgan fingerprint density at radius 3 is 2.53 bits per heavy atom. The molecule has 0 spiro atoms. The summed E-state index contributed by atoms with van der Waals surface area (Å²) >= 11 is 0. The summed E-state index contributed by atoms with van der Waals surface area (Å²) in [6, 6.07) is 11.1. The second-order valence-corrected chi connectivity index (χ2v) is 5.36. The van der Waals surface area contributed by atoms with E-state index in [1.165, 1.54) is 5.56 Å². The van der Waals surface area contributed by atoms with Crippen molar-refractivity contribution >= 4 is 5.91 Å². The number of amides is 1. The third kappa shape index (κ3) is 3.33. The third-order valence-electron chi connectivity index (χ3n) is 3.84. The molecule has 4 heteroatoms. The van der Waals surface area contributed by atoms with Crippen LogP contribution in [0, 0.1) is 0 Å². The van der Waals surface area contributed by atoms with E-state index in [-0.39, 0.29) is 18.5 Å². The zero-order valence-corrected chi connectivity index (χ0v) is 11.7. The van der Waals surface area contributed by atoms with Gasteiger partial charge < -0.3 is 10.6 Å². The van der Waals surface area contributed by atoms with Crippen molar-refractivity contribution in [2.75, 3.05) is 19.6 Å². The summed E-state index contributed by atoms with van der Waals surface area (Å²) in [5.41, 5.74) is 6.78. The topological polar surface area (TPSA) is 49.6 Å². The van der Waals surface area contributed by atoms with Gasteiger partial charge in [0.05, 0.1) is 6.54 Å². The highest BCUT2D eigenvalue weighted by Crippen LogP contribution is 2.18. The van der Waals surface area contributed by atoms with Crippen molar-refractivity contribution in [3.05, 3.63) is 35.9 Å². The van der Waals surface area contributed by atoms with Gasteiger partial charge >= 0.3 is 0 Å². The number of rotatable bonds is 3. The lowest BCUT2D eigenvalue weighted by Gasteiger charge is -2.44.